The van der Waals surface area contributed by atoms with Gasteiger partial charge in [0, 0.05) is 12.8 Å². The van der Waals surface area contributed by atoms with Gasteiger partial charge in [-0.1, -0.05) is 202 Å². The van der Waals surface area contributed by atoms with Crippen molar-refractivity contribution in [3.05, 3.63) is 198 Å². The second-order valence-electron chi connectivity index (χ2n) is 30.4. The first kappa shape index (κ1) is 90.2. The van der Waals surface area contributed by atoms with Crippen LogP contribution in [0.3, 0.4) is 0 Å². The number of carbonyl (C=O) groups excluding carboxylic acids is 3. The van der Waals surface area contributed by atoms with E-state index in [-0.39, 0.29) is 61.1 Å². The molecule has 2 fully saturated rings. The maximum absolute atomic E-state index is 12.5. The summed E-state index contributed by atoms with van der Waals surface area (Å²) in [5.74, 6) is 2.76. The molecule has 0 aromatic heterocycles. The zero-order chi connectivity index (χ0) is 80.0. The Morgan fingerprint density at radius 2 is 0.681 bits per heavy atom. The second-order valence-corrected chi connectivity index (χ2v) is 30.4. The average molecular weight is 1550 g/mol. The van der Waals surface area contributed by atoms with Crippen LogP contribution in [0.15, 0.2) is 182 Å². The van der Waals surface area contributed by atoms with E-state index in [9.17, 15) is 24.6 Å². The van der Waals surface area contributed by atoms with Crippen molar-refractivity contribution in [3.63, 3.8) is 0 Å². The number of benzene rings is 7. The minimum atomic E-state index is -0.398. The zero-order valence-electron chi connectivity index (χ0n) is 68.7. The summed E-state index contributed by atoms with van der Waals surface area (Å²) in [6.07, 6.45) is 37.3. The van der Waals surface area contributed by atoms with Crippen LogP contribution < -0.4 is 23.7 Å². The number of hydrogen-bond acceptors (Lipinski definition) is 16. The topological polar surface area (TPSA) is 193 Å². The van der Waals surface area contributed by atoms with Crippen molar-refractivity contribution >= 4 is 17.9 Å². The Morgan fingerprint density at radius 1 is 0.372 bits per heavy atom. The molecule has 614 valence electrons. The third-order valence-electron chi connectivity index (χ3n) is 21.1. The normalized spacial score (nSPS) is 17.4. The van der Waals surface area contributed by atoms with Gasteiger partial charge >= 0.3 is 17.9 Å². The summed E-state index contributed by atoms with van der Waals surface area (Å²) >= 11 is 0. The van der Waals surface area contributed by atoms with Crippen LogP contribution in [0.1, 0.15) is 264 Å². The molecule has 2 saturated heterocycles. The minimum Gasteiger partial charge on any atom is -0.497 e. The lowest BCUT2D eigenvalue weighted by Crippen LogP contribution is -2.40. The fourth-order valence-corrected chi connectivity index (χ4v) is 14.5. The third-order valence-corrected chi connectivity index (χ3v) is 21.1. The molecule has 8 atom stereocenters. The number of esters is 3. The Balaban J connectivity index is 0.000000303. The predicted molar refractivity (Wildman–Crippen MR) is 450 cm³/mol. The Hall–Kier alpha value is -8.35. The highest BCUT2D eigenvalue weighted by molar-refractivity contribution is 5.92. The van der Waals surface area contributed by atoms with Crippen LogP contribution in [0.4, 0.5) is 0 Å². The lowest BCUT2D eigenvalue weighted by molar-refractivity contribution is -0.249. The van der Waals surface area contributed by atoms with E-state index in [1.54, 1.807) is 67.8 Å². The van der Waals surface area contributed by atoms with E-state index in [1.165, 1.54) is 129 Å². The van der Waals surface area contributed by atoms with Crippen LogP contribution in [0.5, 0.6) is 28.7 Å². The lowest BCUT2D eigenvalue weighted by Gasteiger charge is -2.37. The van der Waals surface area contributed by atoms with Crippen molar-refractivity contribution in [2.24, 2.45) is 0 Å². The van der Waals surface area contributed by atoms with Crippen molar-refractivity contribution in [1.29, 1.82) is 0 Å². The molecular weight excluding hydrogens is 1420 g/mol. The molecule has 2 aliphatic rings. The van der Waals surface area contributed by atoms with Crippen molar-refractivity contribution in [1.82, 2.24) is 0 Å². The monoisotopic (exact) mass is 1550 g/mol. The highest BCUT2D eigenvalue weighted by Gasteiger charge is 2.33. The van der Waals surface area contributed by atoms with Crippen LogP contribution in [0, 0.1) is 0 Å². The predicted octanol–water partition coefficient (Wildman–Crippen LogP) is 23.4. The number of ether oxygens (including phenoxy) is 11. The summed E-state index contributed by atoms with van der Waals surface area (Å²) in [7, 11) is 4.38. The van der Waals surface area contributed by atoms with Crippen molar-refractivity contribution in [3.8, 4) is 62.1 Å². The van der Waals surface area contributed by atoms with Gasteiger partial charge in [-0.05, 0) is 233 Å². The van der Waals surface area contributed by atoms with Crippen LogP contribution in [0.2, 0.25) is 0 Å². The molecule has 2 aliphatic heterocycles. The molecule has 7 aromatic carbocycles. The van der Waals surface area contributed by atoms with Crippen molar-refractivity contribution < 1.29 is 76.7 Å². The largest absolute Gasteiger partial charge is 0.497 e. The maximum atomic E-state index is 12.5. The van der Waals surface area contributed by atoms with Crippen LogP contribution in [0.25, 0.3) is 33.4 Å². The molecule has 16 nitrogen and oxygen atoms in total. The van der Waals surface area contributed by atoms with Gasteiger partial charge in [0.15, 0.2) is 12.6 Å². The molecule has 7 aromatic rings. The van der Waals surface area contributed by atoms with Crippen molar-refractivity contribution in [2.75, 3.05) is 41.2 Å². The van der Waals surface area contributed by atoms with Gasteiger partial charge in [-0.2, -0.15) is 0 Å². The number of aliphatic hydroxyl groups is 2. The third kappa shape index (κ3) is 33.9. The van der Waals surface area contributed by atoms with Crippen LogP contribution >= 0.6 is 0 Å². The van der Waals surface area contributed by atoms with E-state index in [0.717, 1.165) is 147 Å². The van der Waals surface area contributed by atoms with Gasteiger partial charge in [-0.15, -0.1) is 0 Å². The second kappa shape index (κ2) is 52.2. The van der Waals surface area contributed by atoms with Crippen LogP contribution in [-0.2, 0) is 28.4 Å². The number of aliphatic hydroxyl groups excluding tert-OH is 2. The van der Waals surface area contributed by atoms with Gasteiger partial charge in [0.1, 0.15) is 28.7 Å². The molecular formula is C97H130O16. The standard InChI is InChI=1S/C58H78O9.C39H52O7/c1-5-52-43-55(42-44(2)59)67-58(66-52)51(23-19-15-11-9-13-17-21-41-65-54-38-34-48(35-39-54)46-26-30-50(31-27-46)57(61)63-4)22-18-14-10-7-6-8-12-16-20-40-64-53-36-32-47(33-37-53)45-24-28-49(29-25-45)56(60)62-3;1-4-33-28-37(27-29(2)40)45-38(44-33)13-11-9-7-5-6-8-10-12-26-43-35-20-18-31(19-21-35)30-14-16-32(17-15-30)39(41)46-36-24-22-34(42-3)23-25-36/h22,24-39,44,52,55,58-59H,5-21,23,40-43H2,1-4H3;14-25,29,33,37-38,40H,4-13,26-28H2,1-3H3/b51-22+;. The Bertz CT molecular complexity index is 3760. The van der Waals surface area contributed by atoms with Crippen molar-refractivity contribution in [2.45, 2.75) is 282 Å². The number of rotatable bonds is 50. The Kier molecular flexibility index (Phi) is 41.7. The number of allylic oxidation sites excluding steroid dienone is 1. The van der Waals surface area contributed by atoms with E-state index < -0.39 is 5.97 Å². The molecule has 9 rings (SSSR count). The summed E-state index contributed by atoms with van der Waals surface area (Å²) in [6, 6.07) is 53.6. The Labute approximate surface area is 674 Å². The van der Waals surface area contributed by atoms with Gasteiger partial charge in [-0.25, -0.2) is 14.4 Å². The first-order valence-corrected chi connectivity index (χ1v) is 42.4. The van der Waals surface area contributed by atoms with Gasteiger partial charge in [0.25, 0.3) is 0 Å². The first-order valence-electron chi connectivity index (χ1n) is 42.4. The lowest BCUT2D eigenvalue weighted by atomic mass is 9.99. The van der Waals surface area contributed by atoms with Crippen LogP contribution in [-0.4, -0.2) is 118 Å². The highest BCUT2D eigenvalue weighted by atomic mass is 16.7. The van der Waals surface area contributed by atoms with Gasteiger partial charge in [-0.3, -0.25) is 0 Å². The van der Waals surface area contributed by atoms with E-state index in [0.29, 0.717) is 47.6 Å². The molecule has 0 bridgehead atoms. The summed E-state index contributed by atoms with van der Waals surface area (Å²) in [5, 5.41) is 19.9. The van der Waals surface area contributed by atoms with Gasteiger partial charge < -0.3 is 62.3 Å². The number of hydrogen-bond donors (Lipinski definition) is 2. The molecule has 0 spiro atoms. The fourth-order valence-electron chi connectivity index (χ4n) is 14.5. The molecule has 113 heavy (non-hydrogen) atoms. The highest BCUT2D eigenvalue weighted by Crippen LogP contribution is 2.33. The van der Waals surface area contributed by atoms with E-state index >= 15 is 0 Å². The average Bonchev–Trinajstić information content (AvgIpc) is 0.850. The minimum absolute atomic E-state index is 0.0264. The zero-order valence-corrected chi connectivity index (χ0v) is 68.7. The number of carbonyl (C=O) groups is 3. The van der Waals surface area contributed by atoms with Gasteiger partial charge in [0.2, 0.25) is 0 Å². The number of methoxy groups -OCH3 is 3. The first-order chi connectivity index (χ1) is 55.2. The van der Waals surface area contributed by atoms with E-state index in [2.05, 4.69) is 44.2 Å². The summed E-state index contributed by atoms with van der Waals surface area (Å²) in [5.41, 5.74) is 9.21. The fraction of sp³-hybridized carbons (Fsp3) is 0.515. The molecule has 16 heteroatoms. The van der Waals surface area contributed by atoms with E-state index in [4.69, 9.17) is 52.1 Å². The van der Waals surface area contributed by atoms with Gasteiger partial charge in [0.05, 0.1) is 94.5 Å². The quantitative estimate of drug-likeness (QED) is 0.0158. The molecule has 0 saturated carbocycles. The summed E-state index contributed by atoms with van der Waals surface area (Å²) in [4.78, 5) is 36.0. The molecule has 0 aliphatic carbocycles. The molecule has 0 amide bonds. The number of unbranched alkanes of at least 4 members (excludes halogenated alkanes) is 21. The molecule has 8 unspecified atom stereocenters. The molecule has 0 radical (unpaired) electrons. The summed E-state index contributed by atoms with van der Waals surface area (Å²) < 4.78 is 63.4. The molecule has 2 heterocycles. The molecule has 2 N–H and O–H groups in total. The SMILES string of the molecule is CCC1CC(CC(C)O)OC(/C(=C/CCCCCCCCCCOc2ccc(-c3ccc(C(=O)OC)cc3)cc2)CCCCCCCCCOc2ccc(-c3ccc(C(=O)OC)cc3)cc2)O1.CCC1CC(CC(C)O)OC(CCCCCCCCCCOc2ccc(-c3ccc(C(=O)Oc4ccc(OC)cc4)cc3)cc2)O1. The smallest absolute Gasteiger partial charge is 0.343 e. The van der Waals surface area contributed by atoms with E-state index in [1.807, 2.05) is 98.8 Å². The summed E-state index contributed by atoms with van der Waals surface area (Å²) in [6.45, 7) is 10.2. The maximum Gasteiger partial charge on any atom is 0.343 e. The Morgan fingerprint density at radius 3 is 1.06 bits per heavy atom.